The first-order valence-corrected chi connectivity index (χ1v) is 9.43. The normalized spacial score (nSPS) is 11.0. The van der Waals surface area contributed by atoms with E-state index in [-0.39, 0.29) is 5.56 Å². The standard InChI is InChI=1S/C24H17N3O3/c1-29-18-13-11-17(12-14-18)27-15-21(19-9-5-6-10-20(19)24(27)28)23-25-22(26-30-23)16-7-3-2-4-8-16/h2-15H,1H3. The number of benzene rings is 3. The van der Waals surface area contributed by atoms with Crippen LogP contribution in [-0.2, 0) is 0 Å². The highest BCUT2D eigenvalue weighted by Gasteiger charge is 2.17. The summed E-state index contributed by atoms with van der Waals surface area (Å²) < 4.78 is 12.4. The molecule has 30 heavy (non-hydrogen) atoms. The van der Waals surface area contributed by atoms with Gasteiger partial charge in [0, 0.05) is 28.2 Å². The van der Waals surface area contributed by atoms with E-state index in [0.29, 0.717) is 22.7 Å². The van der Waals surface area contributed by atoms with E-state index in [1.165, 1.54) is 0 Å². The van der Waals surface area contributed by atoms with E-state index in [0.717, 1.165) is 22.4 Å². The Labute approximate surface area is 172 Å². The van der Waals surface area contributed by atoms with Gasteiger partial charge in [-0.25, -0.2) is 0 Å². The van der Waals surface area contributed by atoms with E-state index in [4.69, 9.17) is 9.26 Å². The molecule has 0 amide bonds. The molecule has 2 aromatic heterocycles. The maximum atomic E-state index is 13.2. The van der Waals surface area contributed by atoms with Crippen molar-refractivity contribution in [3.63, 3.8) is 0 Å². The van der Waals surface area contributed by atoms with Gasteiger partial charge in [-0.3, -0.25) is 9.36 Å². The van der Waals surface area contributed by atoms with Crippen molar-refractivity contribution in [3.05, 3.63) is 95.4 Å². The van der Waals surface area contributed by atoms with Gasteiger partial charge in [0.25, 0.3) is 11.4 Å². The Morgan fingerprint density at radius 1 is 0.867 bits per heavy atom. The first-order chi connectivity index (χ1) is 14.7. The van der Waals surface area contributed by atoms with E-state index in [1.807, 2.05) is 72.8 Å². The SMILES string of the molecule is COc1ccc(-n2cc(-c3nc(-c4ccccc4)no3)c3ccccc3c2=O)cc1. The van der Waals surface area contributed by atoms with Gasteiger partial charge in [0.05, 0.1) is 12.7 Å². The summed E-state index contributed by atoms with van der Waals surface area (Å²) in [7, 11) is 1.61. The minimum atomic E-state index is -0.123. The third kappa shape index (κ3) is 3.04. The van der Waals surface area contributed by atoms with E-state index < -0.39 is 0 Å². The second-order valence-electron chi connectivity index (χ2n) is 6.75. The molecule has 0 atom stereocenters. The van der Waals surface area contributed by atoms with Crippen molar-refractivity contribution >= 4 is 10.8 Å². The zero-order chi connectivity index (χ0) is 20.5. The summed E-state index contributed by atoms with van der Waals surface area (Å²) in [6.45, 7) is 0. The highest BCUT2D eigenvalue weighted by Crippen LogP contribution is 2.28. The van der Waals surface area contributed by atoms with Gasteiger partial charge in [-0.1, -0.05) is 53.7 Å². The lowest BCUT2D eigenvalue weighted by Gasteiger charge is -2.11. The van der Waals surface area contributed by atoms with E-state index in [1.54, 1.807) is 23.9 Å². The second kappa shape index (κ2) is 7.33. The van der Waals surface area contributed by atoms with Crippen molar-refractivity contribution < 1.29 is 9.26 Å². The molecule has 0 saturated carbocycles. The second-order valence-corrected chi connectivity index (χ2v) is 6.75. The Bertz CT molecular complexity index is 1390. The molecule has 0 spiro atoms. The van der Waals surface area contributed by atoms with Gasteiger partial charge in [-0.2, -0.15) is 4.98 Å². The van der Waals surface area contributed by atoms with Gasteiger partial charge < -0.3 is 9.26 Å². The van der Waals surface area contributed by atoms with E-state index in [2.05, 4.69) is 10.1 Å². The fourth-order valence-corrected chi connectivity index (χ4v) is 3.43. The molecule has 3 aromatic carbocycles. The Hall–Kier alpha value is -4.19. The monoisotopic (exact) mass is 395 g/mol. The predicted octanol–water partition coefficient (Wildman–Crippen LogP) is 4.72. The molecule has 6 heteroatoms. The number of pyridine rings is 1. The van der Waals surface area contributed by atoms with Crippen LogP contribution >= 0.6 is 0 Å². The molecule has 0 saturated heterocycles. The number of rotatable bonds is 4. The van der Waals surface area contributed by atoms with Gasteiger partial charge in [0.2, 0.25) is 5.82 Å². The van der Waals surface area contributed by atoms with E-state index >= 15 is 0 Å². The average molecular weight is 395 g/mol. The number of hydrogen-bond donors (Lipinski definition) is 0. The van der Waals surface area contributed by atoms with Crippen LogP contribution in [0.2, 0.25) is 0 Å². The van der Waals surface area contributed by atoms with Crippen molar-refractivity contribution in [1.29, 1.82) is 0 Å². The summed E-state index contributed by atoms with van der Waals surface area (Å²) in [6, 6.07) is 24.3. The van der Waals surface area contributed by atoms with Crippen LogP contribution < -0.4 is 10.3 Å². The third-order valence-corrected chi connectivity index (χ3v) is 4.96. The fourth-order valence-electron chi connectivity index (χ4n) is 3.43. The minimum Gasteiger partial charge on any atom is -0.497 e. The molecule has 5 aromatic rings. The van der Waals surface area contributed by atoms with Crippen LogP contribution in [0.15, 0.2) is 94.4 Å². The van der Waals surface area contributed by atoms with Crippen molar-refractivity contribution in [1.82, 2.24) is 14.7 Å². The smallest absolute Gasteiger partial charge is 0.262 e. The molecule has 0 aliphatic rings. The number of ether oxygens (including phenoxy) is 1. The zero-order valence-corrected chi connectivity index (χ0v) is 16.1. The topological polar surface area (TPSA) is 70.2 Å². The van der Waals surface area contributed by atoms with E-state index in [9.17, 15) is 4.79 Å². The molecule has 0 bridgehead atoms. The molecular weight excluding hydrogens is 378 g/mol. The summed E-state index contributed by atoms with van der Waals surface area (Å²) in [6.07, 6.45) is 1.74. The molecule has 0 aliphatic carbocycles. The van der Waals surface area contributed by atoms with Crippen LogP contribution in [0.1, 0.15) is 0 Å². The average Bonchev–Trinajstić information content (AvgIpc) is 3.30. The predicted molar refractivity (Wildman–Crippen MR) is 115 cm³/mol. The van der Waals surface area contributed by atoms with Crippen molar-refractivity contribution in [2.75, 3.05) is 7.11 Å². The van der Waals surface area contributed by atoms with Crippen LogP contribution in [-0.4, -0.2) is 21.8 Å². The molecule has 0 aliphatic heterocycles. The summed E-state index contributed by atoms with van der Waals surface area (Å²) in [4.78, 5) is 17.7. The quantitative estimate of drug-likeness (QED) is 0.440. The third-order valence-electron chi connectivity index (χ3n) is 4.96. The van der Waals surface area contributed by atoms with Crippen molar-refractivity contribution in [2.24, 2.45) is 0 Å². The fraction of sp³-hybridized carbons (Fsp3) is 0.0417. The molecule has 0 N–H and O–H groups in total. The van der Waals surface area contributed by atoms with Crippen molar-refractivity contribution in [2.45, 2.75) is 0 Å². The number of hydrogen-bond acceptors (Lipinski definition) is 5. The molecule has 5 rings (SSSR count). The number of methoxy groups -OCH3 is 1. The van der Waals surface area contributed by atoms with Crippen LogP contribution in [0, 0.1) is 0 Å². The van der Waals surface area contributed by atoms with Gasteiger partial charge in [0.15, 0.2) is 0 Å². The minimum absolute atomic E-state index is 0.123. The summed E-state index contributed by atoms with van der Waals surface area (Å²) in [5.41, 5.74) is 2.15. The molecular formula is C24H17N3O3. The Balaban J connectivity index is 1.71. The van der Waals surface area contributed by atoms with Gasteiger partial charge in [-0.15, -0.1) is 0 Å². The molecule has 6 nitrogen and oxygen atoms in total. The summed E-state index contributed by atoms with van der Waals surface area (Å²) in [5.74, 6) is 1.57. The largest absolute Gasteiger partial charge is 0.497 e. The van der Waals surface area contributed by atoms with Gasteiger partial charge >= 0.3 is 0 Å². The molecule has 146 valence electrons. The highest BCUT2D eigenvalue weighted by molar-refractivity contribution is 5.94. The summed E-state index contributed by atoms with van der Waals surface area (Å²) in [5, 5.41) is 5.46. The van der Waals surface area contributed by atoms with Crippen LogP contribution in [0.3, 0.4) is 0 Å². The lowest BCUT2D eigenvalue weighted by molar-refractivity contribution is 0.414. The molecule has 0 fully saturated rings. The van der Waals surface area contributed by atoms with Crippen molar-refractivity contribution in [3.8, 4) is 34.3 Å². The zero-order valence-electron chi connectivity index (χ0n) is 16.1. The Morgan fingerprint density at radius 3 is 2.30 bits per heavy atom. The Kier molecular flexibility index (Phi) is 4.37. The maximum absolute atomic E-state index is 13.2. The lowest BCUT2D eigenvalue weighted by Crippen LogP contribution is -2.18. The van der Waals surface area contributed by atoms with Gasteiger partial charge in [0.1, 0.15) is 5.75 Å². The highest BCUT2D eigenvalue weighted by atomic mass is 16.5. The first-order valence-electron chi connectivity index (χ1n) is 9.43. The molecule has 2 heterocycles. The van der Waals surface area contributed by atoms with Gasteiger partial charge in [-0.05, 0) is 30.3 Å². The molecule has 0 radical (unpaired) electrons. The van der Waals surface area contributed by atoms with Crippen LogP contribution in [0.5, 0.6) is 5.75 Å². The molecule has 0 unspecified atom stereocenters. The maximum Gasteiger partial charge on any atom is 0.262 e. The number of nitrogens with zero attached hydrogens (tertiary/aromatic N) is 3. The summed E-state index contributed by atoms with van der Waals surface area (Å²) >= 11 is 0. The number of fused-ring (bicyclic) bond motifs is 1. The van der Waals surface area contributed by atoms with Crippen LogP contribution in [0.25, 0.3) is 39.3 Å². The first kappa shape index (κ1) is 17.9. The number of aromatic nitrogens is 3. The Morgan fingerprint density at radius 2 is 1.57 bits per heavy atom. The lowest BCUT2D eigenvalue weighted by atomic mass is 10.1. The van der Waals surface area contributed by atoms with Crippen LogP contribution in [0.4, 0.5) is 0 Å².